The van der Waals surface area contributed by atoms with E-state index in [9.17, 15) is 9.59 Å². The smallest absolute Gasteiger partial charge is 0.415 e. The van der Waals surface area contributed by atoms with Gasteiger partial charge in [0, 0.05) is 6.54 Å². The third-order valence-electron chi connectivity index (χ3n) is 6.29. The molecule has 10 heteroatoms. The van der Waals surface area contributed by atoms with E-state index < -0.39 is 6.09 Å². The predicted molar refractivity (Wildman–Crippen MR) is 143 cm³/mol. The Morgan fingerprint density at radius 3 is 2.82 bits per heavy atom. The molecular formula is C28H31N5O5. The Morgan fingerprint density at radius 1 is 1.11 bits per heavy atom. The van der Waals surface area contributed by atoms with E-state index in [1.54, 1.807) is 12.1 Å². The summed E-state index contributed by atoms with van der Waals surface area (Å²) in [5, 5.41) is 6.10. The molecule has 5 rings (SSSR count). The fourth-order valence-corrected chi connectivity index (χ4v) is 4.36. The first kappa shape index (κ1) is 25.5. The molecule has 3 aromatic rings. The van der Waals surface area contributed by atoms with Gasteiger partial charge in [0.1, 0.15) is 17.7 Å². The number of amides is 2. The fraction of sp³-hybridized carbons (Fsp3) is 0.321. The summed E-state index contributed by atoms with van der Waals surface area (Å²) in [5.74, 6) is 1.77. The minimum atomic E-state index is -0.451. The molecule has 0 radical (unpaired) electrons. The number of ether oxygens (including phenoxy) is 3. The molecule has 0 saturated carbocycles. The van der Waals surface area contributed by atoms with Crippen molar-refractivity contribution in [3.8, 4) is 22.6 Å². The summed E-state index contributed by atoms with van der Waals surface area (Å²) in [4.78, 5) is 29.9. The number of anilines is 2. The number of rotatable bonds is 11. The highest BCUT2D eigenvalue weighted by Gasteiger charge is 2.33. The monoisotopic (exact) mass is 517 g/mol. The van der Waals surface area contributed by atoms with E-state index in [1.165, 1.54) is 4.90 Å². The first-order valence-electron chi connectivity index (χ1n) is 12.7. The maximum Gasteiger partial charge on any atom is 0.415 e. The molecule has 1 saturated heterocycles. The van der Waals surface area contributed by atoms with Crippen molar-refractivity contribution in [2.24, 2.45) is 5.73 Å². The molecule has 0 spiro atoms. The van der Waals surface area contributed by atoms with Crippen LogP contribution in [0.5, 0.6) is 11.5 Å². The summed E-state index contributed by atoms with van der Waals surface area (Å²) in [7, 11) is 0. The second kappa shape index (κ2) is 11.9. The van der Waals surface area contributed by atoms with Gasteiger partial charge in [0.15, 0.2) is 18.2 Å². The van der Waals surface area contributed by atoms with Gasteiger partial charge in [0.05, 0.1) is 13.2 Å². The maximum absolute atomic E-state index is 12.5. The van der Waals surface area contributed by atoms with Crippen LogP contribution in [-0.2, 0) is 16.1 Å². The highest BCUT2D eigenvalue weighted by Crippen LogP contribution is 2.30. The first-order chi connectivity index (χ1) is 18.6. The lowest BCUT2D eigenvalue weighted by Gasteiger charge is -2.19. The fourth-order valence-electron chi connectivity index (χ4n) is 4.36. The molecule has 1 atom stereocenters. The molecule has 10 nitrogen and oxygen atoms in total. The molecule has 198 valence electrons. The molecule has 4 N–H and O–H groups in total. The molecule has 2 aromatic carbocycles. The lowest BCUT2D eigenvalue weighted by atomic mass is 10.0. The van der Waals surface area contributed by atoms with E-state index in [-0.39, 0.29) is 18.6 Å². The summed E-state index contributed by atoms with van der Waals surface area (Å²) in [6, 6.07) is 19.8. The molecule has 1 unspecified atom stereocenters. The number of carbonyl (C=O) groups excluding carboxylic acids is 2. The number of fused-ring (bicyclic) bond motifs is 1. The van der Waals surface area contributed by atoms with E-state index in [4.69, 9.17) is 19.9 Å². The van der Waals surface area contributed by atoms with Gasteiger partial charge in [0.2, 0.25) is 0 Å². The Kier molecular flexibility index (Phi) is 8.01. The number of benzene rings is 2. The topological polar surface area (TPSA) is 128 Å². The SMILES string of the molecule is NCCCOc1cccc(-c2cccc(CNCCC3CN(c4ccc5c(n4)NC(=O)CO5)C(=O)O3)c2)c1. The number of aromatic nitrogens is 1. The van der Waals surface area contributed by atoms with Gasteiger partial charge in [-0.2, -0.15) is 0 Å². The Labute approximate surface area is 221 Å². The van der Waals surface area contributed by atoms with Gasteiger partial charge < -0.3 is 30.6 Å². The van der Waals surface area contributed by atoms with Gasteiger partial charge in [-0.05, 0) is 73.0 Å². The van der Waals surface area contributed by atoms with Crippen molar-refractivity contribution in [1.82, 2.24) is 10.3 Å². The van der Waals surface area contributed by atoms with Crippen molar-refractivity contribution < 1.29 is 23.8 Å². The molecule has 1 fully saturated rings. The van der Waals surface area contributed by atoms with Crippen molar-refractivity contribution in [3.63, 3.8) is 0 Å². The molecule has 3 heterocycles. The van der Waals surface area contributed by atoms with Crippen molar-refractivity contribution in [2.75, 3.05) is 43.1 Å². The quantitative estimate of drug-likeness (QED) is 0.331. The molecule has 0 bridgehead atoms. The van der Waals surface area contributed by atoms with Gasteiger partial charge in [0.25, 0.3) is 5.91 Å². The summed E-state index contributed by atoms with van der Waals surface area (Å²) >= 11 is 0. The van der Waals surface area contributed by atoms with Crippen LogP contribution < -0.4 is 30.7 Å². The van der Waals surface area contributed by atoms with Crippen LogP contribution in [-0.4, -0.2) is 55.9 Å². The molecule has 2 amide bonds. The zero-order valence-electron chi connectivity index (χ0n) is 21.0. The molecule has 1 aromatic heterocycles. The van der Waals surface area contributed by atoms with Crippen molar-refractivity contribution in [2.45, 2.75) is 25.5 Å². The lowest BCUT2D eigenvalue weighted by molar-refractivity contribution is -0.118. The number of pyridine rings is 1. The normalized spacial score (nSPS) is 16.4. The van der Waals surface area contributed by atoms with Gasteiger partial charge in [-0.1, -0.05) is 30.3 Å². The second-order valence-electron chi connectivity index (χ2n) is 9.15. The average molecular weight is 518 g/mol. The van der Waals surface area contributed by atoms with Crippen LogP contribution >= 0.6 is 0 Å². The maximum atomic E-state index is 12.5. The Bertz CT molecular complexity index is 1300. The van der Waals surface area contributed by atoms with Crippen LogP contribution in [0.2, 0.25) is 0 Å². The molecule has 0 aliphatic carbocycles. The highest BCUT2D eigenvalue weighted by molar-refractivity contribution is 5.95. The molecule has 2 aliphatic heterocycles. The van der Waals surface area contributed by atoms with Crippen LogP contribution in [0.25, 0.3) is 11.1 Å². The Hall–Kier alpha value is -4.15. The summed E-state index contributed by atoms with van der Waals surface area (Å²) in [6.07, 6.45) is 0.776. The number of nitrogens with two attached hydrogens (primary N) is 1. The predicted octanol–water partition coefficient (Wildman–Crippen LogP) is 3.31. The van der Waals surface area contributed by atoms with Gasteiger partial charge in [-0.25, -0.2) is 9.78 Å². The van der Waals surface area contributed by atoms with Gasteiger partial charge >= 0.3 is 6.09 Å². The summed E-state index contributed by atoms with van der Waals surface area (Å²) in [5.41, 5.74) is 8.92. The van der Waals surface area contributed by atoms with Crippen molar-refractivity contribution in [1.29, 1.82) is 0 Å². The first-order valence-corrected chi connectivity index (χ1v) is 12.7. The summed E-state index contributed by atoms with van der Waals surface area (Å²) in [6.45, 7) is 2.93. The minimum Gasteiger partial charge on any atom is -0.494 e. The van der Waals surface area contributed by atoms with Crippen LogP contribution in [0.4, 0.5) is 16.4 Å². The Balaban J connectivity index is 1.11. The molecule has 38 heavy (non-hydrogen) atoms. The number of nitrogens with one attached hydrogen (secondary N) is 2. The van der Waals surface area contributed by atoms with E-state index >= 15 is 0 Å². The number of cyclic esters (lactones) is 1. The largest absolute Gasteiger partial charge is 0.494 e. The van der Waals surface area contributed by atoms with Crippen LogP contribution in [0.1, 0.15) is 18.4 Å². The number of hydrogen-bond acceptors (Lipinski definition) is 8. The molecular weight excluding hydrogens is 486 g/mol. The van der Waals surface area contributed by atoms with Crippen LogP contribution in [0, 0.1) is 0 Å². The number of hydrogen-bond donors (Lipinski definition) is 3. The van der Waals surface area contributed by atoms with Crippen molar-refractivity contribution >= 4 is 23.6 Å². The van der Waals surface area contributed by atoms with E-state index in [1.807, 2.05) is 24.3 Å². The highest BCUT2D eigenvalue weighted by atomic mass is 16.6. The third kappa shape index (κ3) is 6.21. The average Bonchev–Trinajstić information content (AvgIpc) is 3.31. The molecule has 2 aliphatic rings. The van der Waals surface area contributed by atoms with Crippen LogP contribution in [0.3, 0.4) is 0 Å². The van der Waals surface area contributed by atoms with Crippen molar-refractivity contribution in [3.05, 3.63) is 66.2 Å². The van der Waals surface area contributed by atoms with E-state index in [2.05, 4.69) is 39.9 Å². The van der Waals surface area contributed by atoms with E-state index in [0.717, 1.165) is 28.9 Å². The summed E-state index contributed by atoms with van der Waals surface area (Å²) < 4.78 is 16.7. The number of carbonyl (C=O) groups is 2. The van der Waals surface area contributed by atoms with Crippen LogP contribution in [0.15, 0.2) is 60.7 Å². The zero-order chi connectivity index (χ0) is 26.3. The van der Waals surface area contributed by atoms with Gasteiger partial charge in [-0.3, -0.25) is 9.69 Å². The Morgan fingerprint density at radius 2 is 1.95 bits per heavy atom. The standard InChI is InChI=1S/C28H31N5O5/c29-11-3-13-36-22-7-2-6-21(15-22)20-5-1-4-19(14-20)16-30-12-10-23-17-33(28(35)38-23)25-9-8-24-27(31-25)32-26(34)18-37-24/h1-2,4-9,14-15,23,30H,3,10-13,16-18,29H2,(H,31,32,34). The zero-order valence-corrected chi connectivity index (χ0v) is 21.0. The van der Waals surface area contributed by atoms with E-state index in [0.29, 0.717) is 56.6 Å². The lowest BCUT2D eigenvalue weighted by Crippen LogP contribution is -2.29. The minimum absolute atomic E-state index is 0.0447. The second-order valence-corrected chi connectivity index (χ2v) is 9.15. The third-order valence-corrected chi connectivity index (χ3v) is 6.29. The number of nitrogens with zero attached hydrogens (tertiary/aromatic N) is 2. The van der Waals surface area contributed by atoms with Gasteiger partial charge in [-0.15, -0.1) is 0 Å².